The number of esters is 1. The molecule has 0 saturated carbocycles. The fourth-order valence-corrected chi connectivity index (χ4v) is 0.555. The molecule has 0 N–H and O–H groups in total. The van der Waals surface area contributed by atoms with Gasteiger partial charge in [-0.2, -0.15) is 0 Å². The maximum atomic E-state index is 11.0. The van der Waals surface area contributed by atoms with E-state index in [0.717, 1.165) is 0 Å². The molecular weight excluding hydrogens is 158 g/mol. The van der Waals surface area contributed by atoms with Gasteiger partial charge >= 0.3 is 5.97 Å². The summed E-state index contributed by atoms with van der Waals surface area (Å²) in [4.78, 5) is 15.7. The number of hydroxylamine groups is 2. The molecule has 0 rings (SSSR count). The number of carbonyl (C=O) groups is 1. The van der Waals surface area contributed by atoms with Crippen molar-refractivity contribution in [1.29, 1.82) is 0 Å². The van der Waals surface area contributed by atoms with Crippen LogP contribution in [0.15, 0.2) is 24.4 Å². The molecule has 0 saturated heterocycles. The van der Waals surface area contributed by atoms with Gasteiger partial charge in [-0.3, -0.25) is 9.90 Å². The van der Waals surface area contributed by atoms with E-state index in [1.54, 1.807) is 7.05 Å². The summed E-state index contributed by atoms with van der Waals surface area (Å²) in [5, 5.41) is 1.38. The zero-order valence-corrected chi connectivity index (χ0v) is 7.53. The van der Waals surface area contributed by atoms with E-state index in [0.29, 0.717) is 5.57 Å². The minimum atomic E-state index is -0.436. The van der Waals surface area contributed by atoms with Crippen LogP contribution in [0.1, 0.15) is 0 Å². The molecule has 4 nitrogen and oxygen atoms in total. The van der Waals surface area contributed by atoms with Gasteiger partial charge in [-0.15, -0.1) is 0 Å². The summed E-state index contributed by atoms with van der Waals surface area (Å²) in [7, 11) is 4.47. The van der Waals surface area contributed by atoms with Crippen molar-refractivity contribution in [3.05, 3.63) is 24.4 Å². The lowest BCUT2D eigenvalue weighted by atomic mass is 10.3. The van der Waals surface area contributed by atoms with Gasteiger partial charge in [0.05, 0.1) is 19.8 Å². The van der Waals surface area contributed by atoms with Crippen molar-refractivity contribution in [2.24, 2.45) is 0 Å². The summed E-state index contributed by atoms with van der Waals surface area (Å²) >= 11 is 0. The van der Waals surface area contributed by atoms with Crippen molar-refractivity contribution >= 4 is 5.97 Å². The Bertz CT molecular complexity index is 198. The Morgan fingerprint density at radius 2 is 2.08 bits per heavy atom. The summed E-state index contributed by atoms with van der Waals surface area (Å²) in [5.41, 5.74) is 0.349. The Morgan fingerprint density at radius 1 is 1.50 bits per heavy atom. The monoisotopic (exact) mass is 171 g/mol. The molecule has 0 amide bonds. The summed E-state index contributed by atoms with van der Waals surface area (Å²) in [6, 6.07) is 0. The standard InChI is InChI=1S/C8H13NO3/c1-5-7(8(10)11-3)6-9(2)12-4/h5-6H,1H2,2-4H3/b7-6+. The van der Waals surface area contributed by atoms with Crippen molar-refractivity contribution in [3.8, 4) is 0 Å². The lowest BCUT2D eigenvalue weighted by Gasteiger charge is -2.10. The van der Waals surface area contributed by atoms with Crippen LogP contribution in [0, 0.1) is 0 Å². The highest BCUT2D eigenvalue weighted by molar-refractivity contribution is 5.91. The third-order valence-corrected chi connectivity index (χ3v) is 1.25. The van der Waals surface area contributed by atoms with E-state index < -0.39 is 5.97 Å². The van der Waals surface area contributed by atoms with Crippen LogP contribution in [0.2, 0.25) is 0 Å². The number of methoxy groups -OCH3 is 1. The van der Waals surface area contributed by atoms with Crippen LogP contribution < -0.4 is 0 Å². The molecule has 0 aliphatic carbocycles. The molecule has 0 aliphatic heterocycles. The Kier molecular flexibility index (Phi) is 4.79. The topological polar surface area (TPSA) is 38.8 Å². The molecule has 68 valence electrons. The largest absolute Gasteiger partial charge is 0.465 e. The summed E-state index contributed by atoms with van der Waals surface area (Å²) < 4.78 is 4.49. The van der Waals surface area contributed by atoms with Crippen molar-refractivity contribution in [3.63, 3.8) is 0 Å². The van der Waals surface area contributed by atoms with Gasteiger partial charge in [0.1, 0.15) is 0 Å². The average Bonchev–Trinajstić information content (AvgIpc) is 2.12. The number of nitrogens with zero attached hydrogens (tertiary/aromatic N) is 1. The maximum Gasteiger partial charge on any atom is 0.339 e. The Labute approximate surface area is 72.0 Å². The van der Waals surface area contributed by atoms with Crippen LogP contribution in [-0.4, -0.2) is 32.3 Å². The van der Waals surface area contributed by atoms with E-state index in [2.05, 4.69) is 11.3 Å². The Balaban J connectivity index is 4.42. The number of hydrogen-bond acceptors (Lipinski definition) is 4. The second-order valence-electron chi connectivity index (χ2n) is 2.01. The Hall–Kier alpha value is -1.29. The van der Waals surface area contributed by atoms with Gasteiger partial charge in [0.2, 0.25) is 0 Å². The number of rotatable bonds is 4. The second-order valence-corrected chi connectivity index (χ2v) is 2.01. The fourth-order valence-electron chi connectivity index (χ4n) is 0.555. The van der Waals surface area contributed by atoms with Gasteiger partial charge in [0.15, 0.2) is 0 Å². The smallest absolute Gasteiger partial charge is 0.339 e. The van der Waals surface area contributed by atoms with Crippen molar-refractivity contribution in [2.75, 3.05) is 21.3 Å². The predicted molar refractivity (Wildman–Crippen MR) is 45.1 cm³/mol. The summed E-state index contributed by atoms with van der Waals surface area (Å²) in [6.07, 6.45) is 2.89. The van der Waals surface area contributed by atoms with Crippen LogP contribution in [0.4, 0.5) is 0 Å². The van der Waals surface area contributed by atoms with Crippen LogP contribution in [0.25, 0.3) is 0 Å². The molecule has 0 unspecified atom stereocenters. The molecule has 0 aromatic heterocycles. The number of carbonyl (C=O) groups excluding carboxylic acids is 1. The summed E-state index contributed by atoms with van der Waals surface area (Å²) in [6.45, 7) is 3.47. The molecule has 0 aromatic rings. The minimum absolute atomic E-state index is 0.349. The van der Waals surface area contributed by atoms with E-state index in [-0.39, 0.29) is 0 Å². The Morgan fingerprint density at radius 3 is 2.42 bits per heavy atom. The number of ether oxygens (including phenoxy) is 1. The fraction of sp³-hybridized carbons (Fsp3) is 0.375. The lowest BCUT2D eigenvalue weighted by Crippen LogP contribution is -2.12. The van der Waals surface area contributed by atoms with E-state index in [9.17, 15) is 4.79 Å². The first-order valence-corrected chi connectivity index (χ1v) is 3.35. The molecule has 0 atom stereocenters. The van der Waals surface area contributed by atoms with Gasteiger partial charge in [-0.25, -0.2) is 4.79 Å². The molecule has 4 heteroatoms. The van der Waals surface area contributed by atoms with Crippen LogP contribution in [0.3, 0.4) is 0 Å². The quantitative estimate of drug-likeness (QED) is 0.270. The molecular formula is C8H13NO3. The highest BCUT2D eigenvalue weighted by Crippen LogP contribution is 2.00. The van der Waals surface area contributed by atoms with Gasteiger partial charge in [0.25, 0.3) is 0 Å². The van der Waals surface area contributed by atoms with Crippen LogP contribution in [0.5, 0.6) is 0 Å². The molecule has 0 spiro atoms. The lowest BCUT2D eigenvalue weighted by molar-refractivity contribution is -0.136. The minimum Gasteiger partial charge on any atom is -0.465 e. The summed E-state index contributed by atoms with van der Waals surface area (Å²) in [5.74, 6) is -0.436. The molecule has 0 heterocycles. The maximum absolute atomic E-state index is 11.0. The predicted octanol–water partition coefficient (Wildman–Crippen LogP) is 0.722. The molecule has 0 aliphatic rings. The van der Waals surface area contributed by atoms with E-state index in [1.807, 2.05) is 0 Å². The number of hydrogen-bond donors (Lipinski definition) is 0. The highest BCUT2D eigenvalue weighted by Gasteiger charge is 2.05. The first-order valence-electron chi connectivity index (χ1n) is 3.35. The third kappa shape index (κ3) is 3.21. The molecule has 0 fully saturated rings. The van der Waals surface area contributed by atoms with E-state index in [1.165, 1.54) is 31.6 Å². The third-order valence-electron chi connectivity index (χ3n) is 1.25. The molecule has 0 radical (unpaired) electrons. The van der Waals surface area contributed by atoms with E-state index in [4.69, 9.17) is 4.84 Å². The second kappa shape index (κ2) is 5.37. The average molecular weight is 171 g/mol. The molecule has 0 bridgehead atoms. The zero-order chi connectivity index (χ0) is 9.56. The molecule has 12 heavy (non-hydrogen) atoms. The van der Waals surface area contributed by atoms with Gasteiger partial charge in [0, 0.05) is 13.2 Å². The first kappa shape index (κ1) is 10.7. The van der Waals surface area contributed by atoms with Crippen molar-refractivity contribution in [2.45, 2.75) is 0 Å². The van der Waals surface area contributed by atoms with Crippen molar-refractivity contribution in [1.82, 2.24) is 5.06 Å². The van der Waals surface area contributed by atoms with E-state index >= 15 is 0 Å². The first-order chi connectivity index (χ1) is 5.65. The molecule has 0 aromatic carbocycles. The van der Waals surface area contributed by atoms with Gasteiger partial charge in [-0.05, 0) is 0 Å². The van der Waals surface area contributed by atoms with Gasteiger partial charge in [-0.1, -0.05) is 12.7 Å². The zero-order valence-electron chi connectivity index (χ0n) is 7.53. The van der Waals surface area contributed by atoms with Crippen LogP contribution >= 0.6 is 0 Å². The van der Waals surface area contributed by atoms with Crippen LogP contribution in [-0.2, 0) is 14.4 Å². The van der Waals surface area contributed by atoms with Gasteiger partial charge < -0.3 is 4.74 Å². The normalized spacial score (nSPS) is 10.8. The highest BCUT2D eigenvalue weighted by atomic mass is 16.7. The van der Waals surface area contributed by atoms with Crippen molar-refractivity contribution < 1.29 is 14.4 Å². The SMILES string of the molecule is C=C/C(=C\N(C)OC)C(=O)OC.